The zero-order valence-corrected chi connectivity index (χ0v) is 26.7. The van der Waals surface area contributed by atoms with E-state index in [2.05, 4.69) is 57.9 Å². The number of rotatable bonds is 20. The second-order valence-electron chi connectivity index (χ2n) is 10.5. The van der Waals surface area contributed by atoms with Crippen LogP contribution >= 0.6 is 0 Å². The minimum atomic E-state index is -1.12. The summed E-state index contributed by atoms with van der Waals surface area (Å²) >= 11 is -1.12. The van der Waals surface area contributed by atoms with Crippen molar-refractivity contribution >= 4 is 21.9 Å². The first-order valence-electron chi connectivity index (χ1n) is 15.1. The van der Waals surface area contributed by atoms with Gasteiger partial charge in [0.2, 0.25) is 0 Å². The molecule has 0 N–H and O–H groups in total. The summed E-state index contributed by atoms with van der Waals surface area (Å²) in [6.07, 6.45) is 13.6. The van der Waals surface area contributed by atoms with Gasteiger partial charge in [0.1, 0.15) is 18.1 Å². The first-order chi connectivity index (χ1) is 20.7. The molecule has 2 aromatic heterocycles. The van der Waals surface area contributed by atoms with Gasteiger partial charge in [-0.2, -0.15) is 0 Å². The Balaban J connectivity index is 0.00000506. The molecule has 0 bridgehead atoms. The van der Waals surface area contributed by atoms with Gasteiger partial charge in [-0.25, -0.2) is 14.5 Å². The average Bonchev–Trinajstić information content (AvgIpc) is 3.02. The Morgan fingerprint density at radius 3 is 2.21 bits per heavy atom. The summed E-state index contributed by atoms with van der Waals surface area (Å²) in [5, 5.41) is 2.59. The lowest BCUT2D eigenvalue weighted by Gasteiger charge is -2.20. The Bertz CT molecular complexity index is 1300. The Morgan fingerprint density at radius 1 is 0.814 bits per heavy atom. The maximum atomic E-state index is 12.8. The molecule has 2 unspecified atom stereocenters. The van der Waals surface area contributed by atoms with Crippen molar-refractivity contribution in [2.24, 2.45) is 0 Å². The van der Waals surface area contributed by atoms with Crippen LogP contribution in [0, 0.1) is 0 Å². The molecule has 2 heterocycles. The molecule has 0 radical (unpaired) electrons. The van der Waals surface area contributed by atoms with Crippen molar-refractivity contribution in [3.8, 4) is 6.01 Å². The SMILES string of the molecule is CCCCCc1ccc2cc(CCCOCC(C[S+]([O-])CCOCC[n+]3ccccc3)Oc3ncccn3)ccc2c1.[Cl-]. The van der Waals surface area contributed by atoms with Crippen molar-refractivity contribution < 1.29 is 35.7 Å². The van der Waals surface area contributed by atoms with E-state index in [0.29, 0.717) is 37.9 Å². The van der Waals surface area contributed by atoms with Crippen LogP contribution in [0.4, 0.5) is 0 Å². The average molecular weight is 626 g/mol. The smallest absolute Gasteiger partial charge is 0.316 e. The van der Waals surface area contributed by atoms with Crippen LogP contribution in [0.3, 0.4) is 0 Å². The fourth-order valence-corrected chi connectivity index (χ4v) is 5.79. The number of hydrogen-bond acceptors (Lipinski definition) is 6. The largest absolute Gasteiger partial charge is 1.00 e. The number of hydrogen-bond donors (Lipinski definition) is 0. The van der Waals surface area contributed by atoms with Crippen LogP contribution in [-0.2, 0) is 40.0 Å². The molecule has 0 saturated heterocycles. The molecule has 0 fully saturated rings. The van der Waals surface area contributed by atoms with Crippen molar-refractivity contribution in [1.82, 2.24) is 9.97 Å². The minimum absolute atomic E-state index is 0. The summed E-state index contributed by atoms with van der Waals surface area (Å²) in [6, 6.07) is 21.5. The fraction of sp³-hybridized carbons (Fsp3) is 0.441. The van der Waals surface area contributed by atoms with Crippen molar-refractivity contribution in [2.45, 2.75) is 58.1 Å². The number of aryl methyl sites for hydroxylation is 2. The monoisotopic (exact) mass is 625 g/mol. The molecule has 0 saturated carbocycles. The van der Waals surface area contributed by atoms with Gasteiger partial charge in [-0.05, 0) is 64.8 Å². The van der Waals surface area contributed by atoms with E-state index >= 15 is 0 Å². The predicted molar refractivity (Wildman–Crippen MR) is 168 cm³/mol. The molecule has 0 spiro atoms. The van der Waals surface area contributed by atoms with Crippen molar-refractivity contribution in [3.63, 3.8) is 0 Å². The molecule has 0 aliphatic heterocycles. The summed E-state index contributed by atoms with van der Waals surface area (Å²) < 4.78 is 32.5. The van der Waals surface area contributed by atoms with E-state index in [1.807, 2.05) is 30.6 Å². The van der Waals surface area contributed by atoms with Crippen LogP contribution in [0.15, 0.2) is 85.5 Å². The van der Waals surface area contributed by atoms with Gasteiger partial charge in [0.05, 0.1) is 13.2 Å². The molecule has 4 aromatic rings. The molecule has 2 aromatic carbocycles. The number of pyridine rings is 1. The normalized spacial score (nSPS) is 12.5. The Labute approximate surface area is 265 Å². The van der Waals surface area contributed by atoms with Crippen molar-refractivity contribution in [1.29, 1.82) is 0 Å². The Hall–Kier alpha value is -2.75. The quantitative estimate of drug-likeness (QED) is 0.0853. The molecular weight excluding hydrogens is 582 g/mol. The van der Waals surface area contributed by atoms with Crippen LogP contribution in [-0.4, -0.2) is 58.6 Å². The molecular formula is C34H44ClN3O4S. The first kappa shape index (κ1) is 34.7. The molecule has 7 nitrogen and oxygen atoms in total. The maximum Gasteiger partial charge on any atom is 0.316 e. The van der Waals surface area contributed by atoms with E-state index in [-0.39, 0.29) is 18.4 Å². The van der Waals surface area contributed by atoms with E-state index in [0.717, 1.165) is 25.8 Å². The molecule has 43 heavy (non-hydrogen) atoms. The lowest BCUT2D eigenvalue weighted by molar-refractivity contribution is -0.698. The van der Waals surface area contributed by atoms with Gasteiger partial charge >= 0.3 is 6.01 Å². The zero-order valence-electron chi connectivity index (χ0n) is 25.1. The van der Waals surface area contributed by atoms with Gasteiger partial charge in [0.15, 0.2) is 25.0 Å². The Kier molecular flexibility index (Phi) is 16.4. The highest BCUT2D eigenvalue weighted by Gasteiger charge is 2.20. The van der Waals surface area contributed by atoms with Crippen LogP contribution in [0.25, 0.3) is 10.8 Å². The number of fused-ring (bicyclic) bond motifs is 1. The first-order valence-corrected chi connectivity index (χ1v) is 16.6. The topological polar surface area (TPSA) is 80.4 Å². The molecule has 9 heteroatoms. The number of ether oxygens (including phenoxy) is 3. The number of nitrogens with zero attached hydrogens (tertiary/aromatic N) is 3. The number of halogens is 1. The number of benzene rings is 2. The second kappa shape index (κ2) is 20.3. The minimum Gasteiger partial charge on any atom is -1.00 e. The molecule has 232 valence electrons. The summed E-state index contributed by atoms with van der Waals surface area (Å²) in [7, 11) is 0. The molecule has 0 amide bonds. The third-order valence-electron chi connectivity index (χ3n) is 7.01. The third kappa shape index (κ3) is 13.2. The summed E-state index contributed by atoms with van der Waals surface area (Å²) in [4.78, 5) is 8.32. The van der Waals surface area contributed by atoms with Gasteiger partial charge in [0, 0.05) is 31.1 Å². The molecule has 4 rings (SSSR count). The van der Waals surface area contributed by atoms with E-state index in [4.69, 9.17) is 14.2 Å². The molecule has 0 aliphatic carbocycles. The van der Waals surface area contributed by atoms with E-state index in [1.165, 1.54) is 41.2 Å². The van der Waals surface area contributed by atoms with Crippen LogP contribution in [0.2, 0.25) is 0 Å². The van der Waals surface area contributed by atoms with Crippen LogP contribution in [0.1, 0.15) is 43.7 Å². The second-order valence-corrected chi connectivity index (χ2v) is 12.1. The lowest BCUT2D eigenvalue weighted by atomic mass is 10.00. The standard InChI is InChI=1S/C34H44N3O4S.ClH/c1-2-3-5-10-29-12-14-32-26-30(13-15-31(32)25-29)11-8-21-40-27-33(41-34-35-16-9-17-36-34)28-42(38)24-23-39-22-20-37-18-6-4-7-19-37;/h4,6-7,9,12-19,25-26,33H,2-3,5,8,10-11,20-24,27-28H2,1H3;1H/q+1;/p-1. The summed E-state index contributed by atoms with van der Waals surface area (Å²) in [6.45, 7) is 4.93. The van der Waals surface area contributed by atoms with Gasteiger partial charge in [-0.1, -0.05) is 62.2 Å². The molecule has 2 atom stereocenters. The highest BCUT2D eigenvalue weighted by atomic mass is 35.5. The van der Waals surface area contributed by atoms with E-state index < -0.39 is 17.3 Å². The van der Waals surface area contributed by atoms with E-state index in [1.54, 1.807) is 18.5 Å². The highest BCUT2D eigenvalue weighted by molar-refractivity contribution is 7.91. The predicted octanol–water partition coefficient (Wildman–Crippen LogP) is 2.52. The number of aromatic nitrogens is 3. The van der Waals surface area contributed by atoms with Crippen molar-refractivity contribution in [2.75, 3.05) is 37.9 Å². The maximum absolute atomic E-state index is 12.8. The van der Waals surface area contributed by atoms with E-state index in [9.17, 15) is 4.55 Å². The fourth-order valence-electron chi connectivity index (χ4n) is 4.74. The zero-order chi connectivity index (χ0) is 29.2. The van der Waals surface area contributed by atoms with Gasteiger partial charge < -0.3 is 31.2 Å². The van der Waals surface area contributed by atoms with Crippen LogP contribution in [0.5, 0.6) is 6.01 Å². The Morgan fingerprint density at radius 2 is 1.51 bits per heavy atom. The third-order valence-corrected chi connectivity index (χ3v) is 8.37. The van der Waals surface area contributed by atoms with Gasteiger partial charge in [-0.15, -0.1) is 0 Å². The number of unbranched alkanes of at least 4 members (excludes halogenated alkanes) is 2. The summed E-state index contributed by atoms with van der Waals surface area (Å²) in [5.41, 5.74) is 2.73. The van der Waals surface area contributed by atoms with Gasteiger partial charge in [-0.3, -0.25) is 0 Å². The molecule has 0 aliphatic rings. The van der Waals surface area contributed by atoms with Crippen LogP contribution < -0.4 is 21.7 Å². The lowest BCUT2D eigenvalue weighted by Crippen LogP contribution is -3.00. The highest BCUT2D eigenvalue weighted by Crippen LogP contribution is 2.20. The van der Waals surface area contributed by atoms with Gasteiger partial charge in [0.25, 0.3) is 0 Å². The van der Waals surface area contributed by atoms with Crippen molar-refractivity contribution in [3.05, 3.63) is 96.6 Å². The summed E-state index contributed by atoms with van der Waals surface area (Å²) in [5.74, 6) is 0.775.